The molecule has 1 aromatic carbocycles. The molecule has 0 fully saturated rings. The molecule has 1 amide bonds. The summed E-state index contributed by atoms with van der Waals surface area (Å²) in [5.74, 6) is 1.56. The Morgan fingerprint density at radius 2 is 2.22 bits per heavy atom. The van der Waals surface area contributed by atoms with E-state index in [0.717, 1.165) is 11.5 Å². The van der Waals surface area contributed by atoms with Crippen LogP contribution in [-0.2, 0) is 11.3 Å². The van der Waals surface area contributed by atoms with Gasteiger partial charge in [-0.25, -0.2) is 4.98 Å². The van der Waals surface area contributed by atoms with E-state index in [-0.39, 0.29) is 12.0 Å². The highest BCUT2D eigenvalue weighted by atomic mass is 16.6. The molecule has 122 valence electrons. The van der Waals surface area contributed by atoms with Gasteiger partial charge >= 0.3 is 0 Å². The molecule has 1 aromatic heterocycles. The van der Waals surface area contributed by atoms with Crippen LogP contribution in [0.1, 0.15) is 13.3 Å². The smallest absolute Gasteiger partial charge is 0.224 e. The van der Waals surface area contributed by atoms with Crippen molar-refractivity contribution in [2.24, 2.45) is 0 Å². The van der Waals surface area contributed by atoms with Crippen molar-refractivity contribution in [3.8, 4) is 11.5 Å². The lowest BCUT2D eigenvalue weighted by Gasteiger charge is -2.31. The third kappa shape index (κ3) is 3.80. The van der Waals surface area contributed by atoms with Crippen molar-refractivity contribution in [2.75, 3.05) is 19.7 Å². The number of para-hydroxylation sites is 2. The molecule has 7 nitrogen and oxygen atoms in total. The molecule has 0 N–H and O–H groups in total. The minimum atomic E-state index is -0.153. The number of hydrogen-bond acceptors (Lipinski definition) is 5. The summed E-state index contributed by atoms with van der Waals surface area (Å²) in [4.78, 5) is 18.0. The van der Waals surface area contributed by atoms with Crippen molar-refractivity contribution in [3.05, 3.63) is 36.9 Å². The van der Waals surface area contributed by atoms with Crippen LogP contribution in [0.4, 0.5) is 0 Å². The van der Waals surface area contributed by atoms with Gasteiger partial charge in [-0.1, -0.05) is 12.1 Å². The Morgan fingerprint density at radius 3 is 2.96 bits per heavy atom. The topological polar surface area (TPSA) is 69.5 Å². The molecular weight excluding hydrogens is 296 g/mol. The largest absolute Gasteiger partial charge is 0.486 e. The van der Waals surface area contributed by atoms with E-state index >= 15 is 0 Å². The molecule has 2 aromatic rings. The summed E-state index contributed by atoms with van der Waals surface area (Å²) in [6.07, 6.45) is 3.31. The minimum Gasteiger partial charge on any atom is -0.486 e. The average Bonchev–Trinajstić information content (AvgIpc) is 3.11. The molecule has 1 aliphatic rings. The molecule has 0 spiro atoms. The zero-order chi connectivity index (χ0) is 16.1. The van der Waals surface area contributed by atoms with Gasteiger partial charge in [0.1, 0.15) is 19.3 Å². The third-order valence-electron chi connectivity index (χ3n) is 3.75. The zero-order valence-electron chi connectivity index (χ0n) is 13.1. The number of nitrogens with zero attached hydrogens (tertiary/aromatic N) is 4. The summed E-state index contributed by atoms with van der Waals surface area (Å²) in [5.41, 5.74) is 0. The Morgan fingerprint density at radius 1 is 1.39 bits per heavy atom. The van der Waals surface area contributed by atoms with Crippen molar-refractivity contribution in [1.29, 1.82) is 0 Å². The first-order chi connectivity index (χ1) is 11.3. The Balaban J connectivity index is 1.54. The van der Waals surface area contributed by atoms with Crippen molar-refractivity contribution < 1.29 is 14.3 Å². The summed E-state index contributed by atoms with van der Waals surface area (Å²) in [7, 11) is 0. The lowest BCUT2D eigenvalue weighted by molar-refractivity contribution is -0.132. The van der Waals surface area contributed by atoms with Crippen molar-refractivity contribution in [1.82, 2.24) is 19.7 Å². The predicted molar refractivity (Wildman–Crippen MR) is 83.2 cm³/mol. The molecule has 7 heteroatoms. The highest BCUT2D eigenvalue weighted by Crippen LogP contribution is 2.31. The maximum Gasteiger partial charge on any atom is 0.224 e. The first kappa shape index (κ1) is 15.3. The molecule has 1 atom stereocenters. The number of aromatic nitrogens is 3. The zero-order valence-corrected chi connectivity index (χ0v) is 13.1. The summed E-state index contributed by atoms with van der Waals surface area (Å²) >= 11 is 0. The van der Waals surface area contributed by atoms with Gasteiger partial charge in [0.15, 0.2) is 17.6 Å². The molecule has 23 heavy (non-hydrogen) atoms. The van der Waals surface area contributed by atoms with Crippen LogP contribution in [-0.4, -0.2) is 51.4 Å². The maximum atomic E-state index is 12.4. The fourth-order valence-corrected chi connectivity index (χ4v) is 2.52. The summed E-state index contributed by atoms with van der Waals surface area (Å²) in [6.45, 7) is 4.09. The fourth-order valence-electron chi connectivity index (χ4n) is 2.52. The van der Waals surface area contributed by atoms with Crippen LogP contribution >= 0.6 is 0 Å². The van der Waals surface area contributed by atoms with E-state index in [4.69, 9.17) is 9.47 Å². The molecule has 0 aliphatic carbocycles. The highest BCUT2D eigenvalue weighted by Gasteiger charge is 2.24. The number of carbonyl (C=O) groups is 1. The number of aryl methyl sites for hydroxylation is 1. The van der Waals surface area contributed by atoms with Crippen LogP contribution in [0, 0.1) is 0 Å². The molecule has 0 saturated heterocycles. The standard InChI is InChI=1S/C16H20N4O3/c1-2-19(16(21)7-8-20-12-17-11-18-20)9-13-10-22-14-5-3-4-6-15(14)23-13/h3-6,11-13H,2,7-10H2,1H3. The number of ether oxygens (including phenoxy) is 2. The van der Waals surface area contributed by atoms with Gasteiger partial charge in [-0.15, -0.1) is 0 Å². The van der Waals surface area contributed by atoms with Crippen LogP contribution in [0.25, 0.3) is 0 Å². The Kier molecular flexibility index (Phi) is 4.75. The van der Waals surface area contributed by atoms with Gasteiger partial charge in [0.05, 0.1) is 13.1 Å². The second-order valence-electron chi connectivity index (χ2n) is 5.34. The van der Waals surface area contributed by atoms with Gasteiger partial charge in [-0.2, -0.15) is 5.10 Å². The van der Waals surface area contributed by atoms with Crippen molar-refractivity contribution >= 4 is 5.91 Å². The Hall–Kier alpha value is -2.57. The lowest BCUT2D eigenvalue weighted by atomic mass is 10.2. The van der Waals surface area contributed by atoms with E-state index in [2.05, 4.69) is 10.1 Å². The SMILES string of the molecule is CCN(CC1COc2ccccc2O1)C(=O)CCn1cncn1. The monoisotopic (exact) mass is 316 g/mol. The Labute approximate surface area is 134 Å². The normalized spacial score (nSPS) is 16.1. The molecule has 2 heterocycles. The molecule has 1 aliphatic heterocycles. The number of benzene rings is 1. The van der Waals surface area contributed by atoms with E-state index in [1.54, 1.807) is 15.9 Å². The van der Waals surface area contributed by atoms with Crippen LogP contribution < -0.4 is 9.47 Å². The van der Waals surface area contributed by atoms with E-state index < -0.39 is 0 Å². The van der Waals surface area contributed by atoms with E-state index in [1.807, 2.05) is 31.2 Å². The lowest BCUT2D eigenvalue weighted by Crippen LogP contribution is -2.43. The fraction of sp³-hybridized carbons (Fsp3) is 0.438. The Bertz CT molecular complexity index is 645. The minimum absolute atomic E-state index is 0.0745. The summed E-state index contributed by atoms with van der Waals surface area (Å²) < 4.78 is 13.3. The number of amides is 1. The highest BCUT2D eigenvalue weighted by molar-refractivity contribution is 5.76. The second kappa shape index (κ2) is 7.13. The van der Waals surface area contributed by atoms with E-state index in [1.165, 1.54) is 6.33 Å². The molecule has 0 saturated carbocycles. The van der Waals surface area contributed by atoms with Gasteiger partial charge in [-0.3, -0.25) is 9.48 Å². The number of carbonyl (C=O) groups excluding carboxylic acids is 1. The predicted octanol–water partition coefficient (Wildman–Crippen LogP) is 1.36. The van der Waals surface area contributed by atoms with E-state index in [0.29, 0.717) is 32.7 Å². The molecular formula is C16H20N4O3. The second-order valence-corrected chi connectivity index (χ2v) is 5.34. The summed E-state index contributed by atoms with van der Waals surface area (Å²) in [6, 6.07) is 7.58. The molecule has 0 radical (unpaired) electrons. The first-order valence-corrected chi connectivity index (χ1v) is 7.75. The molecule has 1 unspecified atom stereocenters. The quantitative estimate of drug-likeness (QED) is 0.805. The van der Waals surface area contributed by atoms with Crippen molar-refractivity contribution in [3.63, 3.8) is 0 Å². The number of rotatable bonds is 6. The maximum absolute atomic E-state index is 12.4. The molecule has 0 bridgehead atoms. The summed E-state index contributed by atoms with van der Waals surface area (Å²) in [5, 5.41) is 4.00. The third-order valence-corrected chi connectivity index (χ3v) is 3.75. The van der Waals surface area contributed by atoms with Crippen LogP contribution in [0.15, 0.2) is 36.9 Å². The van der Waals surface area contributed by atoms with E-state index in [9.17, 15) is 4.79 Å². The number of hydrogen-bond donors (Lipinski definition) is 0. The molecule has 3 rings (SSSR count). The van der Waals surface area contributed by atoms with Crippen LogP contribution in [0.5, 0.6) is 11.5 Å². The van der Waals surface area contributed by atoms with Gasteiger partial charge in [0.25, 0.3) is 0 Å². The number of likely N-dealkylation sites (N-methyl/N-ethyl adjacent to an activating group) is 1. The van der Waals surface area contributed by atoms with Gasteiger partial charge < -0.3 is 14.4 Å². The van der Waals surface area contributed by atoms with Gasteiger partial charge in [0, 0.05) is 13.0 Å². The van der Waals surface area contributed by atoms with Gasteiger partial charge in [0.2, 0.25) is 5.91 Å². The first-order valence-electron chi connectivity index (χ1n) is 7.75. The van der Waals surface area contributed by atoms with Crippen LogP contribution in [0.3, 0.4) is 0 Å². The van der Waals surface area contributed by atoms with Gasteiger partial charge in [-0.05, 0) is 19.1 Å². The average molecular weight is 316 g/mol. The van der Waals surface area contributed by atoms with Crippen molar-refractivity contribution in [2.45, 2.75) is 26.0 Å². The number of fused-ring (bicyclic) bond motifs is 1. The van der Waals surface area contributed by atoms with Crippen LogP contribution in [0.2, 0.25) is 0 Å².